The second-order valence-electron chi connectivity index (χ2n) is 9.58. The first kappa shape index (κ1) is 21.4. The Bertz CT molecular complexity index is 1020. The van der Waals surface area contributed by atoms with Gasteiger partial charge in [-0.2, -0.15) is 0 Å². The maximum atomic E-state index is 15.1. The molecule has 0 bridgehead atoms. The van der Waals surface area contributed by atoms with Crippen LogP contribution in [-0.4, -0.2) is 66.3 Å². The quantitative estimate of drug-likeness (QED) is 0.765. The van der Waals surface area contributed by atoms with E-state index < -0.39 is 5.67 Å². The number of likely N-dealkylation sites (tertiary alicyclic amines) is 1. The molecule has 8 heteroatoms. The number of amides is 3. The lowest BCUT2D eigenvalue weighted by atomic mass is 9.92. The highest BCUT2D eigenvalue weighted by Crippen LogP contribution is 2.34. The Morgan fingerprint density at radius 2 is 1.88 bits per heavy atom. The Kier molecular flexibility index (Phi) is 5.67. The third-order valence-electron chi connectivity index (χ3n) is 7.34. The number of rotatable bonds is 4. The van der Waals surface area contributed by atoms with E-state index in [0.29, 0.717) is 38.4 Å². The molecule has 0 spiro atoms. The zero-order chi connectivity index (χ0) is 22.3. The van der Waals surface area contributed by atoms with E-state index in [9.17, 15) is 9.59 Å². The van der Waals surface area contributed by atoms with Gasteiger partial charge in [-0.1, -0.05) is 0 Å². The van der Waals surface area contributed by atoms with Gasteiger partial charge < -0.3 is 14.8 Å². The summed E-state index contributed by atoms with van der Waals surface area (Å²) in [5.74, 6) is -0.221. The molecule has 3 aliphatic heterocycles. The van der Waals surface area contributed by atoms with E-state index in [1.807, 2.05) is 6.92 Å². The highest BCUT2D eigenvalue weighted by atomic mass is 19.1. The molecule has 0 unspecified atom stereocenters. The Morgan fingerprint density at radius 1 is 1.12 bits per heavy atom. The second-order valence-corrected chi connectivity index (χ2v) is 9.58. The molecule has 2 N–H and O–H groups in total. The monoisotopic (exact) mass is 441 g/mol. The molecule has 0 atom stereocenters. The van der Waals surface area contributed by atoms with Crippen LogP contribution in [0.25, 0.3) is 10.9 Å². The zero-order valence-corrected chi connectivity index (χ0v) is 18.7. The number of alkyl halides is 1. The van der Waals surface area contributed by atoms with Crippen molar-refractivity contribution in [2.24, 2.45) is 0 Å². The minimum Gasteiger partial charge on any atom is -0.344 e. The normalized spacial score (nSPS) is 23.0. The standard InChI is InChI=1S/C24H32FN5O2/c1-17-14-21-18(15-20(17)30-13-5-22(31)27-23(30)32)2-12-29(21)19-3-10-28(11-4-19)16-24(25)6-8-26-9-7-24/h2,12,14-15,19,26H,3-11,13,16H2,1H3,(H,27,31,32). The summed E-state index contributed by atoms with van der Waals surface area (Å²) in [5.41, 5.74) is 1.99. The van der Waals surface area contributed by atoms with E-state index in [1.54, 1.807) is 4.90 Å². The molecule has 3 aliphatic rings. The van der Waals surface area contributed by atoms with Crippen LogP contribution < -0.4 is 15.5 Å². The largest absolute Gasteiger partial charge is 0.344 e. The molecule has 0 saturated carbocycles. The summed E-state index contributed by atoms with van der Waals surface area (Å²) in [4.78, 5) is 27.7. The van der Waals surface area contributed by atoms with Crippen LogP contribution in [0.3, 0.4) is 0 Å². The predicted octanol–water partition coefficient (Wildman–Crippen LogP) is 3.12. The number of anilines is 1. The van der Waals surface area contributed by atoms with Gasteiger partial charge in [-0.15, -0.1) is 0 Å². The van der Waals surface area contributed by atoms with E-state index in [2.05, 4.69) is 44.5 Å². The maximum absolute atomic E-state index is 15.1. The zero-order valence-electron chi connectivity index (χ0n) is 18.7. The van der Waals surface area contributed by atoms with Crippen molar-refractivity contribution in [3.8, 4) is 0 Å². The fourth-order valence-corrected chi connectivity index (χ4v) is 5.49. The van der Waals surface area contributed by atoms with Crippen molar-refractivity contribution in [2.45, 2.75) is 50.7 Å². The number of hydrogen-bond acceptors (Lipinski definition) is 4. The van der Waals surface area contributed by atoms with Gasteiger partial charge in [0.25, 0.3) is 0 Å². The van der Waals surface area contributed by atoms with Crippen LogP contribution in [0.5, 0.6) is 0 Å². The van der Waals surface area contributed by atoms with Gasteiger partial charge in [-0.25, -0.2) is 9.18 Å². The van der Waals surface area contributed by atoms with Crippen molar-refractivity contribution < 1.29 is 14.0 Å². The number of nitrogens with zero attached hydrogens (tertiary/aromatic N) is 3. The van der Waals surface area contributed by atoms with E-state index >= 15 is 4.39 Å². The second kappa shape index (κ2) is 8.48. The molecule has 2 aromatic rings. The van der Waals surface area contributed by atoms with Crippen LogP contribution in [0.2, 0.25) is 0 Å². The molecule has 3 fully saturated rings. The maximum Gasteiger partial charge on any atom is 0.328 e. The number of urea groups is 1. The number of imide groups is 1. The number of carbonyl (C=O) groups is 2. The van der Waals surface area contributed by atoms with Crippen molar-refractivity contribution in [3.63, 3.8) is 0 Å². The number of aryl methyl sites for hydroxylation is 1. The molecule has 5 rings (SSSR count). The molecule has 32 heavy (non-hydrogen) atoms. The number of hydrogen-bond donors (Lipinski definition) is 2. The van der Waals surface area contributed by atoms with Crippen LogP contribution in [0.15, 0.2) is 24.4 Å². The average molecular weight is 442 g/mol. The SMILES string of the molecule is Cc1cc2c(ccn2C2CCN(CC3(F)CCNCC3)CC2)cc1N1CCC(=O)NC1=O. The lowest BCUT2D eigenvalue weighted by molar-refractivity contribution is -0.120. The number of nitrogens with one attached hydrogen (secondary N) is 2. The molecule has 1 aromatic heterocycles. The van der Waals surface area contributed by atoms with Crippen LogP contribution in [0.1, 0.15) is 43.7 Å². The summed E-state index contributed by atoms with van der Waals surface area (Å²) < 4.78 is 17.4. The minimum atomic E-state index is -1.04. The number of halogens is 1. The van der Waals surface area contributed by atoms with Gasteiger partial charge in [0.05, 0.1) is 0 Å². The van der Waals surface area contributed by atoms with Crippen LogP contribution >= 0.6 is 0 Å². The van der Waals surface area contributed by atoms with Crippen molar-refractivity contribution in [1.29, 1.82) is 0 Å². The first-order valence-corrected chi connectivity index (χ1v) is 11.8. The molecular weight excluding hydrogens is 409 g/mol. The summed E-state index contributed by atoms with van der Waals surface area (Å²) in [7, 11) is 0. The summed E-state index contributed by atoms with van der Waals surface area (Å²) in [6, 6.07) is 6.34. The fourth-order valence-electron chi connectivity index (χ4n) is 5.49. The topological polar surface area (TPSA) is 69.6 Å². The number of benzene rings is 1. The number of aromatic nitrogens is 1. The first-order valence-electron chi connectivity index (χ1n) is 11.8. The van der Waals surface area contributed by atoms with Gasteiger partial charge in [-0.05, 0) is 69.5 Å². The molecule has 172 valence electrons. The summed E-state index contributed by atoms with van der Waals surface area (Å²) in [5, 5.41) is 6.75. The first-order chi connectivity index (χ1) is 15.4. The summed E-state index contributed by atoms with van der Waals surface area (Å²) in [6.07, 6.45) is 5.70. The molecular formula is C24H32FN5O2. The molecule has 1 aromatic carbocycles. The lowest BCUT2D eigenvalue weighted by Gasteiger charge is -2.39. The molecule has 3 amide bonds. The van der Waals surface area contributed by atoms with E-state index in [4.69, 9.17) is 0 Å². The van der Waals surface area contributed by atoms with E-state index in [1.165, 1.54) is 5.52 Å². The lowest BCUT2D eigenvalue weighted by Crippen LogP contribution is -2.49. The van der Waals surface area contributed by atoms with Gasteiger partial charge in [0.1, 0.15) is 5.67 Å². The molecule has 3 saturated heterocycles. The molecule has 4 heterocycles. The smallest absolute Gasteiger partial charge is 0.328 e. The molecule has 0 radical (unpaired) electrons. The summed E-state index contributed by atoms with van der Waals surface area (Å²) in [6.45, 7) is 6.36. The highest BCUT2D eigenvalue weighted by Gasteiger charge is 2.35. The van der Waals surface area contributed by atoms with Gasteiger partial charge in [0.15, 0.2) is 0 Å². The Morgan fingerprint density at radius 3 is 2.59 bits per heavy atom. The van der Waals surface area contributed by atoms with Crippen molar-refractivity contribution in [1.82, 2.24) is 20.1 Å². The predicted molar refractivity (Wildman–Crippen MR) is 123 cm³/mol. The Balaban J connectivity index is 1.29. The van der Waals surface area contributed by atoms with E-state index in [-0.39, 0.29) is 11.9 Å². The van der Waals surface area contributed by atoms with Gasteiger partial charge in [0.2, 0.25) is 5.91 Å². The number of carbonyl (C=O) groups excluding carboxylic acids is 2. The van der Waals surface area contributed by atoms with Gasteiger partial charge in [-0.3, -0.25) is 15.0 Å². The number of fused-ring (bicyclic) bond motifs is 1. The fraction of sp³-hybridized carbons (Fsp3) is 0.583. The Labute approximate surface area is 187 Å². The third-order valence-corrected chi connectivity index (χ3v) is 7.34. The Hall–Kier alpha value is -2.45. The minimum absolute atomic E-state index is 0.221. The molecule has 0 aliphatic carbocycles. The van der Waals surface area contributed by atoms with Crippen molar-refractivity contribution >= 4 is 28.5 Å². The van der Waals surface area contributed by atoms with Crippen molar-refractivity contribution in [3.05, 3.63) is 30.0 Å². The van der Waals surface area contributed by atoms with Crippen LogP contribution in [-0.2, 0) is 4.79 Å². The highest BCUT2D eigenvalue weighted by molar-refractivity contribution is 6.06. The third kappa shape index (κ3) is 4.13. The van der Waals surface area contributed by atoms with Crippen LogP contribution in [0, 0.1) is 6.92 Å². The van der Waals surface area contributed by atoms with Crippen molar-refractivity contribution in [2.75, 3.05) is 44.2 Å². The summed E-state index contributed by atoms with van der Waals surface area (Å²) >= 11 is 0. The number of piperidine rings is 2. The van der Waals surface area contributed by atoms with Crippen LogP contribution in [0.4, 0.5) is 14.9 Å². The average Bonchev–Trinajstić information content (AvgIpc) is 3.17. The van der Waals surface area contributed by atoms with E-state index in [0.717, 1.165) is 55.7 Å². The molecule has 7 nitrogen and oxygen atoms in total. The van der Waals surface area contributed by atoms with Gasteiger partial charge in [0, 0.05) is 61.4 Å². The van der Waals surface area contributed by atoms with Gasteiger partial charge >= 0.3 is 6.03 Å².